The summed E-state index contributed by atoms with van der Waals surface area (Å²) in [4.78, 5) is 0. The van der Waals surface area contributed by atoms with Crippen LogP contribution >= 0.6 is 0 Å². The molecule has 508 valence electrons. The average Bonchev–Trinajstić information content (AvgIpc) is 2.79. The molecule has 4 saturated heterocycles. The molecule has 5 rings (SSSR count). The van der Waals surface area contributed by atoms with Gasteiger partial charge in [0.05, 0.1) is 0 Å². The summed E-state index contributed by atoms with van der Waals surface area (Å²) >= 11 is 0. The molecular weight excluding hydrogens is 1420 g/mol. The zero-order valence-electron chi connectivity index (χ0n) is 57.5. The summed E-state index contributed by atoms with van der Waals surface area (Å²) in [7, 11) is -34.1. The Morgan fingerprint density at radius 2 is 0.706 bits per heavy atom. The molecule has 0 bridgehead atoms. The first kappa shape index (κ1) is 84.7. The van der Waals surface area contributed by atoms with Crippen molar-refractivity contribution < 1.29 is 78.5 Å². The van der Waals surface area contributed by atoms with Crippen LogP contribution in [-0.2, 0) is 78.5 Å². The van der Waals surface area contributed by atoms with E-state index in [-0.39, 0.29) is 6.10 Å². The monoisotopic (exact) mass is 1550 g/mol. The van der Waals surface area contributed by atoms with Crippen LogP contribution in [0.3, 0.4) is 0 Å². The van der Waals surface area contributed by atoms with Gasteiger partial charge in [-0.3, -0.25) is 0 Å². The van der Waals surface area contributed by atoms with Crippen LogP contribution in [0.15, 0.2) is 0 Å². The molecule has 12 atom stereocenters. The second-order valence-electron chi connectivity index (χ2n) is 23.2. The standard InChI is InChI=1S/C40H112O19Si20.3C2H6/c1-38-36-63(2)45-64(3)52-74(41-38)33-24-18-15-21-30-60-42-79(43-61-31-22-16-19-25-34-75-53-68(7)46-65(4)47-69(8)54-75,44-62-32-23-17-20-26-35-76-55-70(9)48-66(5)49-71(10)56-76)59-78(13,14)40-29-27-28-39(40)37-77-57-72(11)50-67(6)51-73(12)58-77;3*1-2/h38-40,63-77H,15-37,60-62H2,1-14H3;3*1-2H3. The number of unbranched alkanes of at least 4 members (excludes halogenated alkanes) is 9. The zero-order chi connectivity index (χ0) is 63.2. The second-order valence-corrected chi connectivity index (χ2v) is 70.4. The highest BCUT2D eigenvalue weighted by Gasteiger charge is 2.53. The SMILES string of the molecule is CC.CC.CC.CC1C[SiH](C)O[SiH](C)O[SiH](CCCCCC[SiH2]O[Si](O[SiH2]CCCCCC[SiH]2O[SiH](C)O[SiH](C)O[SiH](C)O2)(O[SiH2]CCCCCC[SiH]2O[SiH](C)O[SiH](C)O[SiH](C)O2)O[Si](C)(C)C2CCCC2C[SiH]2O[SiH](C)O[SiH](C)O[SiH](C)O2)O1. The number of hydrogen-bond acceptors (Lipinski definition) is 19. The van der Waals surface area contributed by atoms with Gasteiger partial charge in [0.25, 0.3) is 92.8 Å². The first-order valence-corrected chi connectivity index (χ1v) is 74.0. The third kappa shape index (κ3) is 38.2. The van der Waals surface area contributed by atoms with Gasteiger partial charge in [-0.1, -0.05) is 138 Å². The molecule has 0 aromatic carbocycles. The van der Waals surface area contributed by atoms with E-state index in [0.29, 0.717) is 11.5 Å². The van der Waals surface area contributed by atoms with E-state index in [1.165, 1.54) is 51.4 Å². The fraction of sp³-hybridized carbons (Fsp3) is 1.00. The van der Waals surface area contributed by atoms with Gasteiger partial charge >= 0.3 is 46.2 Å². The molecule has 0 amide bonds. The van der Waals surface area contributed by atoms with Gasteiger partial charge in [-0.2, -0.15) is 0 Å². The Morgan fingerprint density at radius 3 is 1.09 bits per heavy atom. The van der Waals surface area contributed by atoms with Crippen molar-refractivity contribution in [1.29, 1.82) is 0 Å². The van der Waals surface area contributed by atoms with E-state index < -0.39 is 186 Å². The van der Waals surface area contributed by atoms with Crippen LogP contribution in [-0.4, -0.2) is 192 Å². The minimum atomic E-state index is -3.44. The van der Waals surface area contributed by atoms with Crippen molar-refractivity contribution in [3.8, 4) is 0 Å². The lowest BCUT2D eigenvalue weighted by Crippen LogP contribution is -2.59. The fourth-order valence-electron chi connectivity index (χ4n) is 11.8. The Balaban J connectivity index is 0.00000398. The zero-order valence-corrected chi connectivity index (χ0v) is 81.1. The van der Waals surface area contributed by atoms with Crippen LogP contribution in [0.25, 0.3) is 0 Å². The maximum Gasteiger partial charge on any atom is 0.635 e. The van der Waals surface area contributed by atoms with Crippen LogP contribution in [0.2, 0.25) is 139 Å². The van der Waals surface area contributed by atoms with Crippen LogP contribution in [0.5, 0.6) is 0 Å². The van der Waals surface area contributed by atoms with Crippen LogP contribution < -0.4 is 0 Å². The molecule has 0 N–H and O–H groups in total. The Morgan fingerprint density at radius 1 is 0.388 bits per heavy atom. The quantitative estimate of drug-likeness (QED) is 0.0523. The molecule has 5 fully saturated rings. The molecule has 5 aliphatic rings. The van der Waals surface area contributed by atoms with Gasteiger partial charge in [0.15, 0.2) is 46.6 Å². The van der Waals surface area contributed by atoms with E-state index in [1.54, 1.807) is 0 Å². The van der Waals surface area contributed by atoms with E-state index in [0.717, 1.165) is 93.3 Å². The van der Waals surface area contributed by atoms with Crippen LogP contribution in [0, 0.1) is 5.92 Å². The predicted molar refractivity (Wildman–Crippen MR) is 400 cm³/mol. The summed E-state index contributed by atoms with van der Waals surface area (Å²) in [5.41, 5.74) is 0.456. The van der Waals surface area contributed by atoms with Gasteiger partial charge in [0.2, 0.25) is 0 Å². The molecule has 0 aromatic heterocycles. The third-order valence-corrected chi connectivity index (χ3v) is 76.7. The molecule has 4 heterocycles. The highest BCUT2D eigenvalue weighted by molar-refractivity contribution is 6.83. The molecule has 12 unspecified atom stereocenters. The normalized spacial score (nSPS) is 34.7. The second kappa shape index (κ2) is 50.0. The first-order valence-electron chi connectivity index (χ1n) is 34.2. The van der Waals surface area contributed by atoms with Gasteiger partial charge < -0.3 is 78.5 Å². The average molecular weight is 1550 g/mol. The van der Waals surface area contributed by atoms with Crippen molar-refractivity contribution in [1.82, 2.24) is 0 Å². The maximum absolute atomic E-state index is 7.72. The van der Waals surface area contributed by atoms with E-state index >= 15 is 0 Å². The van der Waals surface area contributed by atoms with E-state index in [2.05, 4.69) is 92.0 Å². The summed E-state index contributed by atoms with van der Waals surface area (Å²) in [5.74, 6) is 0.493. The molecule has 0 aromatic rings. The van der Waals surface area contributed by atoms with Crippen LogP contribution in [0.1, 0.15) is 145 Å². The van der Waals surface area contributed by atoms with E-state index in [9.17, 15) is 0 Å². The Bertz CT molecular complexity index is 1450. The predicted octanol–water partition coefficient (Wildman–Crippen LogP) is 6.56. The Hall–Kier alpha value is 3.58. The van der Waals surface area contributed by atoms with E-state index in [1.807, 2.05) is 41.5 Å². The minimum absolute atomic E-state index is 0.261. The molecular formula is C46H130O19Si20. The maximum atomic E-state index is 7.72. The summed E-state index contributed by atoms with van der Waals surface area (Å²) in [5, 5.41) is 0. The minimum Gasteiger partial charge on any atom is -0.441 e. The van der Waals surface area contributed by atoms with Crippen molar-refractivity contribution in [3.05, 3.63) is 0 Å². The highest BCUT2D eigenvalue weighted by Crippen LogP contribution is 2.47. The lowest BCUT2D eigenvalue weighted by Gasteiger charge is -2.41. The largest absolute Gasteiger partial charge is 0.635 e. The van der Waals surface area contributed by atoms with E-state index in [4.69, 9.17) is 78.5 Å². The van der Waals surface area contributed by atoms with Crippen LogP contribution in [0.4, 0.5) is 0 Å². The topological polar surface area (TPSA) is 175 Å². The number of rotatable bonds is 32. The lowest BCUT2D eigenvalue weighted by atomic mass is 10.1. The van der Waals surface area contributed by atoms with Gasteiger partial charge in [-0.25, -0.2) is 0 Å². The fourth-order valence-corrected chi connectivity index (χ4v) is 77.2. The first-order chi connectivity index (χ1) is 40.7. The lowest BCUT2D eigenvalue weighted by molar-refractivity contribution is 0.163. The molecule has 1 saturated carbocycles. The molecule has 0 spiro atoms. The van der Waals surface area contributed by atoms with Crippen molar-refractivity contribution in [3.63, 3.8) is 0 Å². The smallest absolute Gasteiger partial charge is 0.441 e. The molecule has 39 heteroatoms. The molecule has 85 heavy (non-hydrogen) atoms. The molecule has 0 radical (unpaired) electrons. The molecule has 19 nitrogen and oxygen atoms in total. The summed E-state index contributed by atoms with van der Waals surface area (Å²) in [6, 6.07) is 8.49. The van der Waals surface area contributed by atoms with Gasteiger partial charge in [-0.15, -0.1) is 0 Å². The molecule has 4 aliphatic heterocycles. The Labute approximate surface area is 555 Å². The molecule has 1 aliphatic carbocycles. The summed E-state index contributed by atoms with van der Waals surface area (Å²) in [6.45, 7) is 42.7. The van der Waals surface area contributed by atoms with Gasteiger partial charge in [0, 0.05) is 6.10 Å². The highest BCUT2D eigenvalue weighted by atomic mass is 28.5. The van der Waals surface area contributed by atoms with Gasteiger partial charge in [0.1, 0.15) is 0 Å². The Kier molecular flexibility index (Phi) is 49.8. The van der Waals surface area contributed by atoms with Gasteiger partial charge in [-0.05, 0) is 152 Å². The van der Waals surface area contributed by atoms with Crippen molar-refractivity contribution in [2.24, 2.45) is 5.92 Å². The van der Waals surface area contributed by atoms with Crippen molar-refractivity contribution in [2.75, 3.05) is 0 Å². The summed E-state index contributed by atoms with van der Waals surface area (Å²) < 4.78 is 125. The third-order valence-electron chi connectivity index (χ3n) is 15.2. The summed E-state index contributed by atoms with van der Waals surface area (Å²) in [6.07, 6.45) is 17.8. The van der Waals surface area contributed by atoms with Crippen molar-refractivity contribution in [2.45, 2.75) is 290 Å². The van der Waals surface area contributed by atoms with Crippen molar-refractivity contribution >= 4 is 186 Å². The number of hydrogen-bond donors (Lipinski definition) is 0.